The lowest BCUT2D eigenvalue weighted by Gasteiger charge is -2.34. The van der Waals surface area contributed by atoms with E-state index < -0.39 is 0 Å². The molecule has 2 amide bonds. The normalized spacial score (nSPS) is 31.3. The molecule has 2 aliphatic heterocycles. The van der Waals surface area contributed by atoms with Crippen molar-refractivity contribution >= 4 is 17.8 Å². The van der Waals surface area contributed by atoms with Crippen molar-refractivity contribution in [3.8, 4) is 0 Å². The van der Waals surface area contributed by atoms with Gasteiger partial charge >= 0.3 is 0 Å². The van der Waals surface area contributed by atoms with Gasteiger partial charge in [-0.05, 0) is 50.1 Å². The first-order valence-corrected chi connectivity index (χ1v) is 11.5. The van der Waals surface area contributed by atoms with E-state index in [1.54, 1.807) is 17.3 Å². The smallest absolute Gasteiger partial charge is 0.233 e. The van der Waals surface area contributed by atoms with E-state index >= 15 is 0 Å². The Labute approximate surface area is 178 Å². The first-order chi connectivity index (χ1) is 14.7. The maximum Gasteiger partial charge on any atom is 0.233 e. The number of anilines is 1. The van der Waals surface area contributed by atoms with E-state index in [2.05, 4.69) is 31.9 Å². The van der Waals surface area contributed by atoms with Gasteiger partial charge in [0, 0.05) is 45.1 Å². The van der Waals surface area contributed by atoms with Gasteiger partial charge in [-0.3, -0.25) is 19.4 Å². The summed E-state index contributed by atoms with van der Waals surface area (Å²) >= 11 is 0. The van der Waals surface area contributed by atoms with Crippen molar-refractivity contribution in [1.82, 2.24) is 19.8 Å². The van der Waals surface area contributed by atoms with Crippen LogP contribution in [-0.4, -0.2) is 70.9 Å². The zero-order valence-electron chi connectivity index (χ0n) is 17.5. The van der Waals surface area contributed by atoms with Gasteiger partial charge in [-0.15, -0.1) is 0 Å². The number of allylic oxidation sites excluding steroid dienone is 2. The summed E-state index contributed by atoms with van der Waals surface area (Å²) in [5.41, 5.74) is 0. The van der Waals surface area contributed by atoms with Gasteiger partial charge in [0.05, 0.1) is 11.8 Å². The van der Waals surface area contributed by atoms with E-state index in [0.29, 0.717) is 6.54 Å². The number of aromatic nitrogens is 2. The summed E-state index contributed by atoms with van der Waals surface area (Å²) in [7, 11) is 0. The van der Waals surface area contributed by atoms with Crippen LogP contribution in [0.15, 0.2) is 30.6 Å². The van der Waals surface area contributed by atoms with Crippen molar-refractivity contribution in [2.75, 3.05) is 44.2 Å². The molecule has 1 saturated carbocycles. The lowest BCUT2D eigenvalue weighted by atomic mass is 9.73. The van der Waals surface area contributed by atoms with E-state index in [4.69, 9.17) is 0 Å². The summed E-state index contributed by atoms with van der Waals surface area (Å²) in [6.07, 6.45) is 13.2. The summed E-state index contributed by atoms with van der Waals surface area (Å²) < 4.78 is 0. The summed E-state index contributed by atoms with van der Waals surface area (Å²) in [5.74, 6) is 1.40. The lowest BCUT2D eigenvalue weighted by Crippen LogP contribution is -2.47. The van der Waals surface area contributed by atoms with Crippen LogP contribution in [0.2, 0.25) is 0 Å². The molecule has 4 unspecified atom stereocenters. The molecule has 4 atom stereocenters. The molecule has 0 radical (unpaired) electrons. The van der Waals surface area contributed by atoms with Crippen LogP contribution < -0.4 is 4.90 Å². The zero-order valence-corrected chi connectivity index (χ0v) is 17.5. The standard InChI is InChI=1S/C23H31N5O2/c29-21-19-17-5-3-6-18(8-7-17)20(19)22(30)28(21)12-2-1-11-26-13-15-27(16-14-26)23-24-9-4-10-25-23/h4,7-10,17-20H,1-3,5-6,11-16H2. The second kappa shape index (κ2) is 8.46. The minimum absolute atomic E-state index is 0.0803. The van der Waals surface area contributed by atoms with Crippen molar-refractivity contribution < 1.29 is 9.59 Å². The largest absolute Gasteiger partial charge is 0.338 e. The molecular formula is C23H31N5O2. The van der Waals surface area contributed by atoms with Gasteiger partial charge in [-0.2, -0.15) is 0 Å². The third kappa shape index (κ3) is 3.64. The Morgan fingerprint density at radius 1 is 0.833 bits per heavy atom. The number of hydrogen-bond acceptors (Lipinski definition) is 6. The second-order valence-electron chi connectivity index (χ2n) is 9.11. The van der Waals surface area contributed by atoms with Crippen LogP contribution in [0.5, 0.6) is 0 Å². The van der Waals surface area contributed by atoms with Crippen LogP contribution in [0.1, 0.15) is 32.1 Å². The zero-order chi connectivity index (χ0) is 20.5. The Hall–Kier alpha value is -2.28. The van der Waals surface area contributed by atoms with Crippen LogP contribution in [0.4, 0.5) is 5.95 Å². The molecule has 3 heterocycles. The van der Waals surface area contributed by atoms with Gasteiger partial charge in [0.1, 0.15) is 0 Å². The average Bonchev–Trinajstić information content (AvgIpc) is 2.99. The predicted octanol–water partition coefficient (Wildman–Crippen LogP) is 1.97. The highest BCUT2D eigenvalue weighted by Crippen LogP contribution is 2.47. The highest BCUT2D eigenvalue weighted by Gasteiger charge is 2.54. The van der Waals surface area contributed by atoms with E-state index in [0.717, 1.165) is 70.8 Å². The number of rotatable bonds is 6. The Morgan fingerprint density at radius 3 is 2.07 bits per heavy atom. The first kappa shape index (κ1) is 19.7. The molecule has 0 N–H and O–H groups in total. The fourth-order valence-electron chi connectivity index (χ4n) is 5.79. The summed E-state index contributed by atoms with van der Waals surface area (Å²) in [6, 6.07) is 1.84. The average molecular weight is 410 g/mol. The topological polar surface area (TPSA) is 69.6 Å². The molecule has 2 saturated heterocycles. The van der Waals surface area contributed by atoms with Crippen molar-refractivity contribution in [3.63, 3.8) is 0 Å². The Bertz CT molecular complexity index is 773. The van der Waals surface area contributed by atoms with Crippen molar-refractivity contribution in [2.45, 2.75) is 32.1 Å². The first-order valence-electron chi connectivity index (χ1n) is 11.5. The molecule has 160 valence electrons. The number of amides is 2. The number of carbonyl (C=O) groups excluding carboxylic acids is 2. The molecule has 1 aromatic heterocycles. The minimum atomic E-state index is -0.0803. The molecule has 30 heavy (non-hydrogen) atoms. The lowest BCUT2D eigenvalue weighted by molar-refractivity contribution is -0.140. The number of likely N-dealkylation sites (tertiary alicyclic amines) is 1. The molecule has 6 rings (SSSR count). The molecule has 7 nitrogen and oxygen atoms in total. The molecule has 1 aromatic rings. The second-order valence-corrected chi connectivity index (χ2v) is 9.11. The van der Waals surface area contributed by atoms with E-state index in [1.807, 2.05) is 6.07 Å². The van der Waals surface area contributed by atoms with Crippen LogP contribution >= 0.6 is 0 Å². The maximum absolute atomic E-state index is 13.0. The van der Waals surface area contributed by atoms with Gasteiger partial charge in [-0.1, -0.05) is 18.6 Å². The van der Waals surface area contributed by atoms with Crippen molar-refractivity contribution in [3.05, 3.63) is 30.6 Å². The third-order valence-corrected chi connectivity index (χ3v) is 7.41. The number of carbonyl (C=O) groups is 2. The number of hydrogen-bond donors (Lipinski definition) is 0. The Morgan fingerprint density at radius 2 is 1.43 bits per heavy atom. The van der Waals surface area contributed by atoms with E-state index in [1.165, 1.54) is 0 Å². The summed E-state index contributed by atoms with van der Waals surface area (Å²) in [4.78, 5) is 41.0. The maximum atomic E-state index is 13.0. The third-order valence-electron chi connectivity index (χ3n) is 7.41. The van der Waals surface area contributed by atoms with Gasteiger partial charge in [0.2, 0.25) is 17.8 Å². The highest BCUT2D eigenvalue weighted by molar-refractivity contribution is 6.05. The van der Waals surface area contributed by atoms with Gasteiger partial charge < -0.3 is 4.90 Å². The minimum Gasteiger partial charge on any atom is -0.338 e. The van der Waals surface area contributed by atoms with Gasteiger partial charge in [0.25, 0.3) is 0 Å². The van der Waals surface area contributed by atoms with Crippen LogP contribution in [0, 0.1) is 23.7 Å². The number of fused-ring (bicyclic) bond motifs is 2. The highest BCUT2D eigenvalue weighted by atomic mass is 16.2. The predicted molar refractivity (Wildman–Crippen MR) is 114 cm³/mol. The number of unbranched alkanes of at least 4 members (excludes halogenated alkanes) is 1. The summed E-state index contributed by atoms with van der Waals surface area (Å²) in [5, 5.41) is 0. The summed E-state index contributed by atoms with van der Waals surface area (Å²) in [6.45, 7) is 5.47. The molecular weight excluding hydrogens is 378 g/mol. The van der Waals surface area contributed by atoms with Crippen LogP contribution in [0.25, 0.3) is 0 Å². The van der Waals surface area contributed by atoms with Gasteiger partial charge in [0.15, 0.2) is 0 Å². The molecule has 5 aliphatic rings. The van der Waals surface area contributed by atoms with Gasteiger partial charge in [-0.25, -0.2) is 9.97 Å². The molecule has 2 bridgehead atoms. The molecule has 0 spiro atoms. The molecule has 0 aromatic carbocycles. The number of piperazine rings is 1. The van der Waals surface area contributed by atoms with E-state index in [-0.39, 0.29) is 35.5 Å². The fourth-order valence-corrected chi connectivity index (χ4v) is 5.79. The monoisotopic (exact) mass is 409 g/mol. The molecule has 7 heteroatoms. The SMILES string of the molecule is O=C1C2C3C=CC(CCC3)C2C(=O)N1CCCCN1CCN(c2ncccn2)CC1. The fraction of sp³-hybridized carbons (Fsp3) is 0.652. The molecule has 3 aliphatic carbocycles. The Kier molecular flexibility index (Phi) is 5.54. The van der Waals surface area contributed by atoms with Crippen LogP contribution in [-0.2, 0) is 9.59 Å². The molecule has 3 fully saturated rings. The quantitative estimate of drug-likeness (QED) is 0.406. The van der Waals surface area contributed by atoms with E-state index in [9.17, 15) is 9.59 Å². The number of imide groups is 1. The Balaban J connectivity index is 1.07. The van der Waals surface area contributed by atoms with Crippen molar-refractivity contribution in [2.24, 2.45) is 23.7 Å². The number of nitrogens with zero attached hydrogens (tertiary/aromatic N) is 5. The van der Waals surface area contributed by atoms with Crippen LogP contribution in [0.3, 0.4) is 0 Å². The van der Waals surface area contributed by atoms with Crippen molar-refractivity contribution in [1.29, 1.82) is 0 Å².